The molecular weight excluding hydrogens is 290 g/mol. The van der Waals surface area contributed by atoms with E-state index in [4.69, 9.17) is 0 Å². The molecule has 1 N–H and O–H groups in total. The fourth-order valence-corrected chi connectivity index (χ4v) is 4.12. The van der Waals surface area contributed by atoms with Gasteiger partial charge in [-0.05, 0) is 19.3 Å². The van der Waals surface area contributed by atoms with Gasteiger partial charge in [-0.1, -0.05) is 6.08 Å². The zero-order valence-corrected chi connectivity index (χ0v) is 13.3. The molecule has 0 aromatic heterocycles. The molecule has 0 aromatic carbocycles. The Morgan fingerprint density at radius 1 is 1.19 bits per heavy atom. The van der Waals surface area contributed by atoms with Crippen LogP contribution < -0.4 is 5.32 Å². The van der Waals surface area contributed by atoms with E-state index in [1.165, 1.54) is 0 Å². The van der Waals surface area contributed by atoms with Gasteiger partial charge >= 0.3 is 6.03 Å². The average Bonchev–Trinajstić information content (AvgIpc) is 2.62. The van der Waals surface area contributed by atoms with Gasteiger partial charge in [-0.15, -0.1) is 6.58 Å². The van der Waals surface area contributed by atoms with Gasteiger partial charge < -0.3 is 10.2 Å². The lowest BCUT2D eigenvalue weighted by Crippen LogP contribution is -2.49. The first kappa shape index (κ1) is 16.3. The largest absolute Gasteiger partial charge is 0.335 e. The summed E-state index contributed by atoms with van der Waals surface area (Å²) in [5, 5.41) is 3.05. The van der Waals surface area contributed by atoms with Gasteiger partial charge in [-0.2, -0.15) is 0 Å². The lowest BCUT2D eigenvalue weighted by molar-refractivity contribution is 0.180. The van der Waals surface area contributed by atoms with E-state index in [2.05, 4.69) is 16.8 Å². The van der Waals surface area contributed by atoms with Crippen molar-refractivity contribution < 1.29 is 13.2 Å². The summed E-state index contributed by atoms with van der Waals surface area (Å²) in [6.45, 7) is 7.39. The lowest BCUT2D eigenvalue weighted by atomic mass is 10.1. The summed E-state index contributed by atoms with van der Waals surface area (Å²) in [6, 6.07) is 0.0766. The average molecular weight is 315 g/mol. The molecule has 0 radical (unpaired) electrons. The number of sulfone groups is 1. The van der Waals surface area contributed by atoms with Gasteiger partial charge in [0.1, 0.15) is 0 Å². The summed E-state index contributed by atoms with van der Waals surface area (Å²) in [7, 11) is -2.97. The van der Waals surface area contributed by atoms with Gasteiger partial charge in [-0.25, -0.2) is 13.2 Å². The molecule has 0 saturated carbocycles. The number of urea groups is 1. The third kappa shape index (κ3) is 5.00. The van der Waals surface area contributed by atoms with Crippen LogP contribution in [-0.4, -0.2) is 74.5 Å². The molecule has 0 unspecified atom stereocenters. The molecule has 2 heterocycles. The van der Waals surface area contributed by atoms with Crippen LogP contribution in [0.3, 0.4) is 0 Å². The zero-order valence-electron chi connectivity index (χ0n) is 12.5. The van der Waals surface area contributed by atoms with Crippen LogP contribution in [0.25, 0.3) is 0 Å². The highest BCUT2D eigenvalue weighted by Gasteiger charge is 2.25. The Kier molecular flexibility index (Phi) is 5.64. The highest BCUT2D eigenvalue weighted by atomic mass is 32.2. The van der Waals surface area contributed by atoms with E-state index >= 15 is 0 Å². The predicted octanol–water partition coefficient (Wildman–Crippen LogP) is 0.467. The standard InChI is InChI=1S/C14H25N3O3S/c1-2-6-16-8-4-13(5-9-16)15-14(18)17-7-3-11-21(19,20)12-10-17/h2,13H,1,3-12H2,(H,15,18). The molecule has 0 aliphatic carbocycles. The lowest BCUT2D eigenvalue weighted by Gasteiger charge is -2.33. The predicted molar refractivity (Wildman–Crippen MR) is 83.0 cm³/mol. The summed E-state index contributed by atoms with van der Waals surface area (Å²) in [6.07, 6.45) is 4.31. The minimum absolute atomic E-state index is 0.0815. The summed E-state index contributed by atoms with van der Waals surface area (Å²) in [4.78, 5) is 16.2. The Morgan fingerprint density at radius 3 is 2.57 bits per heavy atom. The quantitative estimate of drug-likeness (QED) is 0.769. The van der Waals surface area contributed by atoms with Crippen molar-refractivity contribution in [1.82, 2.24) is 15.1 Å². The third-order valence-corrected chi connectivity index (χ3v) is 5.86. The SMILES string of the molecule is C=CCN1CCC(NC(=O)N2CCCS(=O)(=O)CC2)CC1. The van der Waals surface area contributed by atoms with Crippen molar-refractivity contribution in [1.29, 1.82) is 0 Å². The monoisotopic (exact) mass is 315 g/mol. The van der Waals surface area contributed by atoms with Gasteiger partial charge in [0.25, 0.3) is 0 Å². The number of likely N-dealkylation sites (tertiary alicyclic amines) is 1. The van der Waals surface area contributed by atoms with Gasteiger partial charge in [0.15, 0.2) is 9.84 Å². The number of hydrogen-bond donors (Lipinski definition) is 1. The molecule has 2 rings (SSSR count). The Morgan fingerprint density at radius 2 is 1.90 bits per heavy atom. The van der Waals surface area contributed by atoms with E-state index in [-0.39, 0.29) is 23.6 Å². The highest BCUT2D eigenvalue weighted by Crippen LogP contribution is 2.11. The van der Waals surface area contributed by atoms with Crippen LogP contribution >= 0.6 is 0 Å². The summed E-state index contributed by atoms with van der Waals surface area (Å²) < 4.78 is 23.1. The second-order valence-electron chi connectivity index (χ2n) is 5.81. The van der Waals surface area contributed by atoms with Crippen molar-refractivity contribution in [2.24, 2.45) is 0 Å². The number of piperidine rings is 1. The van der Waals surface area contributed by atoms with Crippen molar-refractivity contribution in [2.45, 2.75) is 25.3 Å². The normalized spacial score (nSPS) is 24.3. The minimum atomic E-state index is -2.97. The number of carbonyl (C=O) groups is 1. The van der Waals surface area contributed by atoms with Gasteiger partial charge in [0.2, 0.25) is 0 Å². The zero-order chi connectivity index (χ0) is 15.3. The molecule has 0 aromatic rings. The van der Waals surface area contributed by atoms with Crippen molar-refractivity contribution in [3.63, 3.8) is 0 Å². The fourth-order valence-electron chi connectivity index (χ4n) is 2.85. The van der Waals surface area contributed by atoms with Crippen LogP contribution in [0.1, 0.15) is 19.3 Å². The maximum absolute atomic E-state index is 12.2. The molecule has 6 nitrogen and oxygen atoms in total. The number of carbonyl (C=O) groups excluding carboxylic acids is 1. The van der Waals surface area contributed by atoms with Gasteiger partial charge in [0, 0.05) is 38.8 Å². The van der Waals surface area contributed by atoms with E-state index in [0.717, 1.165) is 32.5 Å². The third-order valence-electron chi connectivity index (χ3n) is 4.15. The number of amides is 2. The van der Waals surface area contributed by atoms with Crippen molar-refractivity contribution >= 4 is 15.9 Å². The molecule has 2 saturated heterocycles. The van der Waals surface area contributed by atoms with Crippen molar-refractivity contribution in [3.8, 4) is 0 Å². The summed E-state index contributed by atoms with van der Waals surface area (Å²) in [5.41, 5.74) is 0. The van der Waals surface area contributed by atoms with Crippen LogP contribution in [0.4, 0.5) is 4.79 Å². The Balaban J connectivity index is 1.78. The number of nitrogens with one attached hydrogen (secondary N) is 1. The molecule has 2 amide bonds. The van der Waals surface area contributed by atoms with Crippen LogP contribution in [0, 0.1) is 0 Å². The fraction of sp³-hybridized carbons (Fsp3) is 0.786. The van der Waals surface area contributed by atoms with Crippen molar-refractivity contribution in [2.75, 3.05) is 44.2 Å². The molecule has 7 heteroatoms. The van der Waals surface area contributed by atoms with E-state index in [9.17, 15) is 13.2 Å². The molecule has 0 atom stereocenters. The van der Waals surface area contributed by atoms with Crippen LogP contribution in [0.15, 0.2) is 12.7 Å². The Bertz CT molecular complexity index is 470. The number of rotatable bonds is 3. The Hall–Kier alpha value is -1.08. The summed E-state index contributed by atoms with van der Waals surface area (Å²) >= 11 is 0. The van der Waals surface area contributed by atoms with Crippen LogP contribution in [0.2, 0.25) is 0 Å². The molecule has 2 fully saturated rings. The van der Waals surface area contributed by atoms with E-state index in [1.807, 2.05) is 6.08 Å². The molecule has 21 heavy (non-hydrogen) atoms. The smallest absolute Gasteiger partial charge is 0.317 e. The maximum Gasteiger partial charge on any atom is 0.317 e. The van der Waals surface area contributed by atoms with E-state index in [1.54, 1.807) is 4.90 Å². The molecule has 0 bridgehead atoms. The molecular formula is C14H25N3O3S. The summed E-state index contributed by atoms with van der Waals surface area (Å²) in [5.74, 6) is 0.273. The molecule has 2 aliphatic heterocycles. The van der Waals surface area contributed by atoms with Crippen molar-refractivity contribution in [3.05, 3.63) is 12.7 Å². The molecule has 0 spiro atoms. The first-order valence-corrected chi connectivity index (χ1v) is 9.41. The first-order valence-electron chi connectivity index (χ1n) is 7.59. The topological polar surface area (TPSA) is 69.7 Å². The minimum Gasteiger partial charge on any atom is -0.335 e. The van der Waals surface area contributed by atoms with Crippen LogP contribution in [-0.2, 0) is 9.84 Å². The van der Waals surface area contributed by atoms with E-state index in [0.29, 0.717) is 19.5 Å². The maximum atomic E-state index is 12.2. The second kappa shape index (κ2) is 7.26. The second-order valence-corrected chi connectivity index (χ2v) is 8.11. The molecule has 2 aliphatic rings. The van der Waals surface area contributed by atoms with Gasteiger partial charge in [0.05, 0.1) is 11.5 Å². The van der Waals surface area contributed by atoms with Gasteiger partial charge in [-0.3, -0.25) is 4.90 Å². The number of hydrogen-bond acceptors (Lipinski definition) is 4. The van der Waals surface area contributed by atoms with Crippen LogP contribution in [0.5, 0.6) is 0 Å². The molecule has 120 valence electrons. The van der Waals surface area contributed by atoms with E-state index < -0.39 is 9.84 Å². The number of nitrogens with zero attached hydrogens (tertiary/aromatic N) is 2. The first-order chi connectivity index (χ1) is 10.00. The highest BCUT2D eigenvalue weighted by molar-refractivity contribution is 7.91. The Labute approximate surface area is 127 Å².